The molecule has 8 nitrogen and oxygen atoms in total. The van der Waals surface area contributed by atoms with Gasteiger partial charge in [0.25, 0.3) is 11.5 Å². The van der Waals surface area contributed by atoms with E-state index in [0.717, 1.165) is 57.3 Å². The summed E-state index contributed by atoms with van der Waals surface area (Å²) >= 11 is 0. The predicted octanol–water partition coefficient (Wildman–Crippen LogP) is 6.02. The van der Waals surface area contributed by atoms with E-state index in [2.05, 4.69) is 20.2 Å². The maximum atomic E-state index is 15.5. The molecule has 0 spiro atoms. The number of benzene rings is 1. The Morgan fingerprint density at radius 2 is 1.68 bits per heavy atom. The number of fused-ring (bicyclic) bond motifs is 9. The number of alkyl halides is 2. The van der Waals surface area contributed by atoms with E-state index in [1.807, 2.05) is 19.1 Å². The summed E-state index contributed by atoms with van der Waals surface area (Å²) in [6, 6.07) is 8.13. The van der Waals surface area contributed by atoms with Gasteiger partial charge >= 0.3 is 0 Å². The molecule has 4 aliphatic heterocycles. The number of nitrogens with zero attached hydrogens (tertiary/aromatic N) is 4. The maximum Gasteiger partial charge on any atom is 0.273 e. The number of halogens is 2. The van der Waals surface area contributed by atoms with Gasteiger partial charge < -0.3 is 10.2 Å². The fraction of sp³-hybridized carbons (Fsp3) is 0.606. The fourth-order valence-corrected chi connectivity index (χ4v) is 8.65. The Morgan fingerprint density at radius 1 is 0.932 bits per heavy atom. The molecule has 44 heavy (non-hydrogen) atoms. The van der Waals surface area contributed by atoms with Crippen molar-refractivity contribution in [3.05, 3.63) is 63.7 Å². The lowest BCUT2D eigenvalue weighted by molar-refractivity contribution is -0.0217. The molecule has 0 radical (unpaired) electrons. The number of rotatable bonds is 1. The molecular formula is C33H43F2N5O3S. The molecule has 0 unspecified atom stereocenters. The lowest BCUT2D eigenvalue weighted by Crippen LogP contribution is -2.34. The summed E-state index contributed by atoms with van der Waals surface area (Å²) in [4.78, 5) is 25.4. The summed E-state index contributed by atoms with van der Waals surface area (Å²) in [5.41, 5.74) is 1.76. The Morgan fingerprint density at radius 3 is 2.45 bits per heavy atom. The third-order valence-corrected chi connectivity index (χ3v) is 11.7. The topological polar surface area (TPSA) is 97.2 Å². The van der Waals surface area contributed by atoms with Gasteiger partial charge in [-0.2, -0.15) is 0 Å². The van der Waals surface area contributed by atoms with Crippen molar-refractivity contribution in [1.82, 2.24) is 19.4 Å². The normalized spacial score (nSPS) is 26.6. The third kappa shape index (κ3) is 6.83. The number of hydrogen-bond acceptors (Lipinski definition) is 7. The summed E-state index contributed by atoms with van der Waals surface area (Å²) in [7, 11) is -3.09. The highest BCUT2D eigenvalue weighted by Crippen LogP contribution is 2.38. The molecule has 4 aliphatic rings. The highest BCUT2D eigenvalue weighted by Gasteiger charge is 2.34. The zero-order valence-corrected chi connectivity index (χ0v) is 26.3. The van der Waals surface area contributed by atoms with Crippen LogP contribution in [0.3, 0.4) is 0 Å². The lowest BCUT2D eigenvalue weighted by atomic mass is 9.89. The average molecular weight is 628 g/mol. The zero-order valence-electron chi connectivity index (χ0n) is 25.5. The molecule has 1 N–H and O–H groups in total. The van der Waals surface area contributed by atoms with Crippen LogP contribution in [0.2, 0.25) is 0 Å². The summed E-state index contributed by atoms with van der Waals surface area (Å²) in [6.07, 6.45) is 7.31. The average Bonchev–Trinajstić information content (AvgIpc) is 3.01. The van der Waals surface area contributed by atoms with E-state index in [9.17, 15) is 13.2 Å². The number of aromatic nitrogens is 3. The summed E-state index contributed by atoms with van der Waals surface area (Å²) in [5.74, 6) is -2.09. The van der Waals surface area contributed by atoms with E-state index in [4.69, 9.17) is 0 Å². The SMILES string of the molecule is C[C@H]1Nc2ncnc3c2cc(C2CCS(=O)(=O)CC2)c(=O)n3CCCCCN2CCC(CC2)CCC(F)(F)c2cccc1c2. The first-order valence-corrected chi connectivity index (χ1v) is 18.0. The highest BCUT2D eigenvalue weighted by atomic mass is 32.2. The molecule has 6 heterocycles. The second-order valence-corrected chi connectivity index (χ2v) is 15.3. The minimum Gasteiger partial charge on any atom is -0.363 e. The van der Waals surface area contributed by atoms with Crippen LogP contribution in [0.4, 0.5) is 14.6 Å². The molecule has 7 rings (SSSR count). The van der Waals surface area contributed by atoms with Crippen LogP contribution in [0.1, 0.15) is 93.4 Å². The molecule has 8 bridgehead atoms. The van der Waals surface area contributed by atoms with Crippen LogP contribution in [-0.2, 0) is 22.3 Å². The van der Waals surface area contributed by atoms with Gasteiger partial charge in [-0.05, 0) is 101 Å². The first-order valence-electron chi connectivity index (χ1n) is 16.2. The van der Waals surface area contributed by atoms with Crippen LogP contribution in [0, 0.1) is 5.92 Å². The Balaban J connectivity index is 1.38. The van der Waals surface area contributed by atoms with E-state index in [-0.39, 0.29) is 41.0 Å². The van der Waals surface area contributed by atoms with Crippen molar-refractivity contribution in [2.24, 2.45) is 5.92 Å². The molecule has 2 saturated heterocycles. The van der Waals surface area contributed by atoms with E-state index in [1.54, 1.807) is 16.7 Å². The van der Waals surface area contributed by atoms with Crippen molar-refractivity contribution in [2.45, 2.75) is 89.1 Å². The fourth-order valence-electron chi connectivity index (χ4n) is 7.15. The van der Waals surface area contributed by atoms with Crippen LogP contribution in [0.15, 0.2) is 41.5 Å². The number of pyridine rings is 1. The molecule has 0 aliphatic carbocycles. The molecule has 0 saturated carbocycles. The number of piperidine rings is 1. The molecule has 2 aromatic heterocycles. The van der Waals surface area contributed by atoms with Gasteiger partial charge in [0.05, 0.1) is 16.9 Å². The first-order chi connectivity index (χ1) is 21.1. The Bertz CT molecular complexity index is 1640. The highest BCUT2D eigenvalue weighted by molar-refractivity contribution is 7.91. The van der Waals surface area contributed by atoms with Crippen molar-refractivity contribution in [2.75, 3.05) is 36.5 Å². The molecule has 0 amide bonds. The lowest BCUT2D eigenvalue weighted by Gasteiger charge is -2.32. The maximum absolute atomic E-state index is 15.5. The smallest absolute Gasteiger partial charge is 0.273 e. The molecule has 11 heteroatoms. The van der Waals surface area contributed by atoms with Gasteiger partial charge in [-0.1, -0.05) is 24.6 Å². The van der Waals surface area contributed by atoms with Gasteiger partial charge in [0.1, 0.15) is 27.6 Å². The Kier molecular flexibility index (Phi) is 9.06. The quantitative estimate of drug-likeness (QED) is 0.352. The predicted molar refractivity (Wildman–Crippen MR) is 169 cm³/mol. The number of sulfone groups is 1. The molecular weight excluding hydrogens is 584 g/mol. The standard InChI is InChI=1S/C33H43F2N5O3S/c1-23-26-6-5-7-27(20-26)33(34,35)13-8-24-9-16-39(17-10-24)14-3-2-4-15-40-31-29(30(38-23)36-22-37-31)21-28(32(40)41)25-11-18-44(42,43)19-12-25/h5-7,20-25H,2-4,8-19H2,1H3,(H,36,37,38)/t23-/m1/s1. The number of nitrogens with one attached hydrogen (secondary N) is 1. The van der Waals surface area contributed by atoms with Gasteiger partial charge in [0.2, 0.25) is 0 Å². The largest absolute Gasteiger partial charge is 0.363 e. The van der Waals surface area contributed by atoms with Gasteiger partial charge in [-0.15, -0.1) is 0 Å². The second kappa shape index (κ2) is 12.8. The van der Waals surface area contributed by atoms with Gasteiger partial charge in [0.15, 0.2) is 0 Å². The first kappa shape index (κ1) is 31.1. The molecule has 238 valence electrons. The number of aryl methyl sites for hydroxylation is 1. The van der Waals surface area contributed by atoms with E-state index >= 15 is 8.78 Å². The molecule has 1 aromatic carbocycles. The minimum absolute atomic E-state index is 0.0305. The van der Waals surface area contributed by atoms with Crippen LogP contribution >= 0.6 is 0 Å². The van der Waals surface area contributed by atoms with Crippen molar-refractivity contribution in [3.8, 4) is 0 Å². The molecule has 2 fully saturated rings. The van der Waals surface area contributed by atoms with Crippen LogP contribution in [-0.4, -0.2) is 59.0 Å². The molecule has 3 aromatic rings. The second-order valence-electron chi connectivity index (χ2n) is 13.0. The van der Waals surface area contributed by atoms with E-state index in [1.165, 1.54) is 12.4 Å². The van der Waals surface area contributed by atoms with Crippen LogP contribution in [0.25, 0.3) is 11.0 Å². The van der Waals surface area contributed by atoms with Crippen molar-refractivity contribution in [3.63, 3.8) is 0 Å². The Hall–Kier alpha value is -2.92. The number of anilines is 1. The van der Waals surface area contributed by atoms with Gasteiger partial charge in [0, 0.05) is 30.1 Å². The van der Waals surface area contributed by atoms with Crippen molar-refractivity contribution >= 4 is 26.7 Å². The Labute approximate surface area is 258 Å². The number of hydrogen-bond donors (Lipinski definition) is 1. The third-order valence-electron chi connectivity index (χ3n) is 10.00. The molecule has 1 atom stereocenters. The van der Waals surface area contributed by atoms with Crippen molar-refractivity contribution < 1.29 is 17.2 Å². The van der Waals surface area contributed by atoms with Crippen LogP contribution in [0.5, 0.6) is 0 Å². The van der Waals surface area contributed by atoms with E-state index < -0.39 is 15.8 Å². The minimum atomic E-state index is -3.09. The summed E-state index contributed by atoms with van der Waals surface area (Å²) in [6.45, 7) is 5.28. The zero-order chi connectivity index (χ0) is 30.9. The summed E-state index contributed by atoms with van der Waals surface area (Å²) < 4.78 is 57.0. The van der Waals surface area contributed by atoms with E-state index in [0.29, 0.717) is 54.1 Å². The van der Waals surface area contributed by atoms with Crippen LogP contribution < -0.4 is 10.9 Å². The summed E-state index contributed by atoms with van der Waals surface area (Å²) in [5, 5.41) is 4.09. The van der Waals surface area contributed by atoms with Crippen molar-refractivity contribution in [1.29, 1.82) is 0 Å². The van der Waals surface area contributed by atoms with Gasteiger partial charge in [-0.25, -0.2) is 27.2 Å². The van der Waals surface area contributed by atoms with Gasteiger partial charge in [-0.3, -0.25) is 9.36 Å². The monoisotopic (exact) mass is 627 g/mol.